The molecule has 1 amide bonds. The predicted molar refractivity (Wildman–Crippen MR) is 86.6 cm³/mol. The first kappa shape index (κ1) is 16.2. The molecular weight excluding hydrogens is 307 g/mol. The van der Waals surface area contributed by atoms with Crippen molar-refractivity contribution in [3.8, 4) is 6.07 Å². The van der Waals surface area contributed by atoms with Crippen molar-refractivity contribution in [2.75, 3.05) is 6.54 Å². The Hall–Kier alpha value is -2.71. The van der Waals surface area contributed by atoms with E-state index in [0.717, 1.165) is 5.56 Å². The highest BCUT2D eigenvalue weighted by Crippen LogP contribution is 2.33. The van der Waals surface area contributed by atoms with Crippen molar-refractivity contribution < 1.29 is 14.3 Å². The van der Waals surface area contributed by atoms with Crippen LogP contribution in [0.25, 0.3) is 0 Å². The van der Waals surface area contributed by atoms with Crippen LogP contribution in [0.4, 0.5) is 4.39 Å². The van der Waals surface area contributed by atoms with E-state index in [1.54, 1.807) is 41.3 Å². The SMILES string of the molecule is N#CCc1cccc(C(=O)N2C[C@@H](O)C[C@@H]2c2cccc(F)c2)c1. The second-order valence-electron chi connectivity index (χ2n) is 5.95. The van der Waals surface area contributed by atoms with Crippen LogP contribution in [-0.4, -0.2) is 28.6 Å². The average Bonchev–Trinajstić information content (AvgIpc) is 2.97. The topological polar surface area (TPSA) is 64.3 Å². The van der Waals surface area contributed by atoms with Crippen molar-refractivity contribution in [2.24, 2.45) is 0 Å². The molecule has 0 saturated carbocycles. The van der Waals surface area contributed by atoms with Crippen LogP contribution in [0.15, 0.2) is 48.5 Å². The molecule has 0 aliphatic carbocycles. The molecule has 0 aromatic heterocycles. The van der Waals surface area contributed by atoms with E-state index in [9.17, 15) is 14.3 Å². The number of amides is 1. The van der Waals surface area contributed by atoms with Gasteiger partial charge < -0.3 is 10.0 Å². The van der Waals surface area contributed by atoms with Crippen LogP contribution in [0.1, 0.15) is 33.9 Å². The minimum absolute atomic E-state index is 0.211. The van der Waals surface area contributed by atoms with Crippen LogP contribution in [0.3, 0.4) is 0 Å². The second-order valence-corrected chi connectivity index (χ2v) is 5.95. The summed E-state index contributed by atoms with van der Waals surface area (Å²) < 4.78 is 13.5. The molecule has 2 atom stereocenters. The summed E-state index contributed by atoms with van der Waals surface area (Å²) in [5.74, 6) is -0.585. The van der Waals surface area contributed by atoms with Crippen LogP contribution >= 0.6 is 0 Å². The number of nitriles is 1. The zero-order valence-corrected chi connectivity index (χ0v) is 13.0. The maximum absolute atomic E-state index is 13.5. The smallest absolute Gasteiger partial charge is 0.254 e. The van der Waals surface area contributed by atoms with Gasteiger partial charge in [0.05, 0.1) is 24.6 Å². The van der Waals surface area contributed by atoms with Gasteiger partial charge in [-0.2, -0.15) is 5.26 Å². The molecule has 1 N–H and O–H groups in total. The Balaban J connectivity index is 1.90. The zero-order valence-electron chi connectivity index (χ0n) is 13.0. The Kier molecular flexibility index (Phi) is 4.59. The summed E-state index contributed by atoms with van der Waals surface area (Å²) in [6.45, 7) is 0.211. The highest BCUT2D eigenvalue weighted by Gasteiger charge is 2.35. The number of nitrogens with zero attached hydrogens (tertiary/aromatic N) is 2. The van der Waals surface area contributed by atoms with Gasteiger partial charge in [-0.1, -0.05) is 24.3 Å². The van der Waals surface area contributed by atoms with E-state index >= 15 is 0 Å². The number of β-amino-alcohol motifs (C(OH)–C–C–N with tert-alkyl or cyclic N) is 1. The Morgan fingerprint density at radius 3 is 2.83 bits per heavy atom. The van der Waals surface area contributed by atoms with Gasteiger partial charge in [-0.15, -0.1) is 0 Å². The van der Waals surface area contributed by atoms with E-state index in [2.05, 4.69) is 6.07 Å². The maximum atomic E-state index is 13.5. The van der Waals surface area contributed by atoms with Crippen LogP contribution in [0.2, 0.25) is 0 Å². The number of hydrogen-bond acceptors (Lipinski definition) is 3. The molecule has 0 unspecified atom stereocenters. The van der Waals surface area contributed by atoms with E-state index in [1.807, 2.05) is 0 Å². The van der Waals surface area contributed by atoms with E-state index in [1.165, 1.54) is 12.1 Å². The second kappa shape index (κ2) is 6.81. The Labute approximate surface area is 139 Å². The lowest BCUT2D eigenvalue weighted by Crippen LogP contribution is -2.31. The average molecular weight is 324 g/mol. The summed E-state index contributed by atoms with van der Waals surface area (Å²) in [6, 6.07) is 14.7. The molecule has 0 radical (unpaired) electrons. The Morgan fingerprint density at radius 1 is 1.29 bits per heavy atom. The summed E-state index contributed by atoms with van der Waals surface area (Å²) >= 11 is 0. The molecule has 1 aliphatic heterocycles. The van der Waals surface area contributed by atoms with Crippen molar-refractivity contribution in [1.29, 1.82) is 5.26 Å². The largest absolute Gasteiger partial charge is 0.391 e. The van der Waals surface area contributed by atoms with Gasteiger partial charge in [0, 0.05) is 12.1 Å². The van der Waals surface area contributed by atoms with E-state index < -0.39 is 6.10 Å². The van der Waals surface area contributed by atoms with E-state index in [-0.39, 0.29) is 30.7 Å². The number of halogens is 1. The number of likely N-dealkylation sites (tertiary alicyclic amines) is 1. The molecule has 2 aromatic rings. The molecular formula is C19H17FN2O2. The van der Waals surface area contributed by atoms with Crippen LogP contribution < -0.4 is 0 Å². The third-order valence-electron chi connectivity index (χ3n) is 4.23. The first-order valence-electron chi connectivity index (χ1n) is 7.79. The summed E-state index contributed by atoms with van der Waals surface area (Å²) in [5, 5.41) is 18.8. The molecule has 4 nitrogen and oxygen atoms in total. The molecule has 2 aromatic carbocycles. The molecule has 0 spiro atoms. The van der Waals surface area contributed by atoms with Gasteiger partial charge in [0.25, 0.3) is 5.91 Å². The third kappa shape index (κ3) is 3.29. The fourth-order valence-electron chi connectivity index (χ4n) is 3.14. The quantitative estimate of drug-likeness (QED) is 0.944. The molecule has 1 saturated heterocycles. The van der Waals surface area contributed by atoms with Crippen molar-refractivity contribution in [3.05, 3.63) is 71.0 Å². The Bertz CT molecular complexity index is 800. The van der Waals surface area contributed by atoms with Crippen molar-refractivity contribution in [1.82, 2.24) is 4.90 Å². The molecule has 1 heterocycles. The number of rotatable bonds is 3. The molecule has 5 heteroatoms. The molecule has 1 fully saturated rings. The molecule has 24 heavy (non-hydrogen) atoms. The fourth-order valence-corrected chi connectivity index (χ4v) is 3.14. The van der Waals surface area contributed by atoms with Gasteiger partial charge >= 0.3 is 0 Å². The predicted octanol–water partition coefficient (Wildman–Crippen LogP) is 2.84. The summed E-state index contributed by atoms with van der Waals surface area (Å²) in [5.41, 5.74) is 1.91. The highest BCUT2D eigenvalue weighted by molar-refractivity contribution is 5.95. The van der Waals surface area contributed by atoms with Gasteiger partial charge in [0.1, 0.15) is 5.82 Å². The molecule has 0 bridgehead atoms. The monoisotopic (exact) mass is 324 g/mol. The molecule has 1 aliphatic rings. The fraction of sp³-hybridized carbons (Fsp3) is 0.263. The normalized spacial score (nSPS) is 20.0. The van der Waals surface area contributed by atoms with Crippen molar-refractivity contribution in [2.45, 2.75) is 25.0 Å². The minimum Gasteiger partial charge on any atom is -0.391 e. The van der Waals surface area contributed by atoms with Gasteiger partial charge in [0.2, 0.25) is 0 Å². The standard InChI is InChI=1S/C19H17FN2O2/c20-16-6-2-4-14(10-16)18-11-17(23)12-22(18)19(24)15-5-1-3-13(9-15)7-8-21/h1-6,9-10,17-18,23H,7,11-12H2/t17-,18+/m0/s1. The number of hydrogen-bond donors (Lipinski definition) is 1. The van der Waals surface area contributed by atoms with Gasteiger partial charge in [-0.25, -0.2) is 4.39 Å². The maximum Gasteiger partial charge on any atom is 0.254 e. The van der Waals surface area contributed by atoms with Crippen molar-refractivity contribution >= 4 is 5.91 Å². The van der Waals surface area contributed by atoms with Gasteiger partial charge in [0.15, 0.2) is 0 Å². The minimum atomic E-state index is -0.635. The number of benzene rings is 2. The number of carbonyl (C=O) groups is 1. The summed E-state index contributed by atoms with van der Waals surface area (Å²) in [7, 11) is 0. The van der Waals surface area contributed by atoms with E-state index in [0.29, 0.717) is 17.5 Å². The van der Waals surface area contributed by atoms with Gasteiger partial charge in [-0.05, 0) is 41.8 Å². The van der Waals surface area contributed by atoms with Crippen molar-refractivity contribution in [3.63, 3.8) is 0 Å². The third-order valence-corrected chi connectivity index (χ3v) is 4.23. The lowest BCUT2D eigenvalue weighted by molar-refractivity contribution is 0.0715. The first-order valence-corrected chi connectivity index (χ1v) is 7.79. The molecule has 3 rings (SSSR count). The number of aliphatic hydroxyl groups excluding tert-OH is 1. The highest BCUT2D eigenvalue weighted by atomic mass is 19.1. The van der Waals surface area contributed by atoms with Gasteiger partial charge in [-0.3, -0.25) is 4.79 Å². The Morgan fingerprint density at radius 2 is 2.08 bits per heavy atom. The van der Waals surface area contributed by atoms with Crippen LogP contribution in [0, 0.1) is 17.1 Å². The number of aliphatic hydroxyl groups is 1. The summed E-state index contributed by atoms with van der Waals surface area (Å²) in [4.78, 5) is 14.4. The van der Waals surface area contributed by atoms with E-state index in [4.69, 9.17) is 5.26 Å². The molecule has 122 valence electrons. The lowest BCUT2D eigenvalue weighted by Gasteiger charge is -2.25. The number of carbonyl (C=O) groups excluding carboxylic acids is 1. The zero-order chi connectivity index (χ0) is 17.1. The lowest BCUT2D eigenvalue weighted by atomic mass is 10.0. The van der Waals surface area contributed by atoms with Crippen LogP contribution in [-0.2, 0) is 6.42 Å². The summed E-state index contributed by atoms with van der Waals surface area (Å²) in [6.07, 6.45) is -0.0195. The first-order chi connectivity index (χ1) is 11.6. The van der Waals surface area contributed by atoms with Crippen LogP contribution in [0.5, 0.6) is 0 Å².